The van der Waals surface area contributed by atoms with Crippen molar-refractivity contribution >= 4 is 12.0 Å². The Morgan fingerprint density at radius 3 is 2.75 bits per heavy atom. The maximum Gasteiger partial charge on any atom is 0.317 e. The summed E-state index contributed by atoms with van der Waals surface area (Å²) >= 11 is 0. The number of nitrogens with zero attached hydrogens (tertiary/aromatic N) is 1. The van der Waals surface area contributed by atoms with Gasteiger partial charge in [-0.2, -0.15) is 0 Å². The van der Waals surface area contributed by atoms with Crippen LogP contribution in [0.2, 0.25) is 0 Å². The highest BCUT2D eigenvalue weighted by atomic mass is 16.4. The summed E-state index contributed by atoms with van der Waals surface area (Å²) in [4.78, 5) is 23.9. The molecular formula is C11H20N2O3. The van der Waals surface area contributed by atoms with Crippen molar-refractivity contribution in [1.82, 2.24) is 10.2 Å². The van der Waals surface area contributed by atoms with Crippen LogP contribution in [0.4, 0.5) is 4.79 Å². The van der Waals surface area contributed by atoms with E-state index in [-0.39, 0.29) is 18.5 Å². The predicted molar refractivity (Wildman–Crippen MR) is 60.2 cm³/mol. The van der Waals surface area contributed by atoms with Gasteiger partial charge in [-0.25, -0.2) is 4.79 Å². The van der Waals surface area contributed by atoms with E-state index in [9.17, 15) is 9.59 Å². The van der Waals surface area contributed by atoms with Gasteiger partial charge in [0.1, 0.15) is 0 Å². The standard InChI is InChI=1S/C11H20N2O3/c1-8-5-6-13(7-8)11(16)12-9(2)3-4-10(14)15/h8-9H,3-7H2,1-2H3,(H,12,16)(H,14,15). The molecule has 2 N–H and O–H groups in total. The molecular weight excluding hydrogens is 208 g/mol. The number of rotatable bonds is 4. The zero-order chi connectivity index (χ0) is 12.1. The Hall–Kier alpha value is -1.26. The summed E-state index contributed by atoms with van der Waals surface area (Å²) < 4.78 is 0. The number of carboxylic acid groups (broad SMARTS) is 1. The van der Waals surface area contributed by atoms with Crippen LogP contribution in [0, 0.1) is 5.92 Å². The number of carbonyl (C=O) groups excluding carboxylic acids is 1. The largest absolute Gasteiger partial charge is 0.481 e. The molecule has 2 atom stereocenters. The van der Waals surface area contributed by atoms with E-state index in [0.717, 1.165) is 19.5 Å². The van der Waals surface area contributed by atoms with Gasteiger partial charge < -0.3 is 15.3 Å². The summed E-state index contributed by atoms with van der Waals surface area (Å²) in [6.07, 6.45) is 1.62. The average molecular weight is 228 g/mol. The molecule has 0 aliphatic carbocycles. The molecule has 2 amide bonds. The van der Waals surface area contributed by atoms with E-state index in [4.69, 9.17) is 5.11 Å². The van der Waals surface area contributed by atoms with Gasteiger partial charge in [0.15, 0.2) is 0 Å². The average Bonchev–Trinajstić information content (AvgIpc) is 2.62. The van der Waals surface area contributed by atoms with E-state index < -0.39 is 5.97 Å². The Morgan fingerprint density at radius 1 is 1.56 bits per heavy atom. The van der Waals surface area contributed by atoms with Crippen molar-refractivity contribution in [2.45, 2.75) is 39.2 Å². The molecule has 1 heterocycles. The first kappa shape index (κ1) is 12.8. The summed E-state index contributed by atoms with van der Waals surface area (Å²) in [7, 11) is 0. The van der Waals surface area contributed by atoms with Crippen molar-refractivity contribution < 1.29 is 14.7 Å². The van der Waals surface area contributed by atoms with Crippen LogP contribution in [-0.4, -0.2) is 41.1 Å². The van der Waals surface area contributed by atoms with E-state index in [0.29, 0.717) is 12.3 Å². The molecule has 1 aliphatic rings. The Morgan fingerprint density at radius 2 is 2.25 bits per heavy atom. The summed E-state index contributed by atoms with van der Waals surface area (Å²) in [5.41, 5.74) is 0. The lowest BCUT2D eigenvalue weighted by Gasteiger charge is -2.20. The fourth-order valence-corrected chi connectivity index (χ4v) is 1.83. The van der Waals surface area contributed by atoms with Crippen LogP contribution in [-0.2, 0) is 4.79 Å². The van der Waals surface area contributed by atoms with Crippen molar-refractivity contribution in [3.8, 4) is 0 Å². The number of carboxylic acids is 1. The second-order valence-corrected chi connectivity index (χ2v) is 4.62. The molecule has 0 saturated carbocycles. The molecule has 1 rings (SSSR count). The molecule has 0 radical (unpaired) electrons. The Bertz CT molecular complexity index is 268. The minimum Gasteiger partial charge on any atom is -0.481 e. The molecule has 0 bridgehead atoms. The van der Waals surface area contributed by atoms with E-state index in [1.54, 1.807) is 4.90 Å². The topological polar surface area (TPSA) is 69.6 Å². The maximum absolute atomic E-state index is 11.7. The van der Waals surface area contributed by atoms with Gasteiger partial charge in [0.05, 0.1) is 0 Å². The third-order valence-corrected chi connectivity index (χ3v) is 2.87. The summed E-state index contributed by atoms with van der Waals surface area (Å²) in [5.74, 6) is -0.254. The first-order chi connectivity index (χ1) is 7.49. The number of likely N-dealkylation sites (tertiary alicyclic amines) is 1. The van der Waals surface area contributed by atoms with Crippen LogP contribution in [0.1, 0.15) is 33.1 Å². The Labute approximate surface area is 95.8 Å². The second kappa shape index (κ2) is 5.72. The van der Waals surface area contributed by atoms with Crippen molar-refractivity contribution in [1.29, 1.82) is 0 Å². The Balaban J connectivity index is 2.25. The number of aliphatic carboxylic acids is 1. The smallest absolute Gasteiger partial charge is 0.317 e. The van der Waals surface area contributed by atoms with Crippen molar-refractivity contribution in [3.05, 3.63) is 0 Å². The van der Waals surface area contributed by atoms with Crippen LogP contribution in [0.5, 0.6) is 0 Å². The SMILES string of the molecule is CC1CCN(C(=O)NC(C)CCC(=O)O)C1. The molecule has 1 aliphatic heterocycles. The molecule has 16 heavy (non-hydrogen) atoms. The van der Waals surface area contributed by atoms with Crippen molar-refractivity contribution in [2.75, 3.05) is 13.1 Å². The lowest BCUT2D eigenvalue weighted by atomic mass is 10.2. The van der Waals surface area contributed by atoms with Crippen molar-refractivity contribution in [2.24, 2.45) is 5.92 Å². The number of amides is 2. The molecule has 2 unspecified atom stereocenters. The molecule has 0 aromatic heterocycles. The predicted octanol–water partition coefficient (Wildman–Crippen LogP) is 1.29. The zero-order valence-corrected chi connectivity index (χ0v) is 9.90. The summed E-state index contributed by atoms with van der Waals surface area (Å²) in [5, 5.41) is 11.3. The number of nitrogens with one attached hydrogen (secondary N) is 1. The van der Waals surface area contributed by atoms with Gasteiger partial charge in [0, 0.05) is 25.6 Å². The van der Waals surface area contributed by atoms with Crippen LogP contribution in [0.3, 0.4) is 0 Å². The third-order valence-electron chi connectivity index (χ3n) is 2.87. The number of hydrogen-bond acceptors (Lipinski definition) is 2. The molecule has 0 aromatic carbocycles. The highest BCUT2D eigenvalue weighted by Crippen LogP contribution is 2.14. The minimum atomic E-state index is -0.823. The van der Waals surface area contributed by atoms with E-state index >= 15 is 0 Å². The van der Waals surface area contributed by atoms with E-state index in [1.165, 1.54) is 0 Å². The van der Waals surface area contributed by atoms with Gasteiger partial charge in [-0.1, -0.05) is 6.92 Å². The lowest BCUT2D eigenvalue weighted by Crippen LogP contribution is -2.42. The van der Waals surface area contributed by atoms with Gasteiger partial charge in [0.2, 0.25) is 0 Å². The number of urea groups is 1. The van der Waals surface area contributed by atoms with Crippen LogP contribution in [0.25, 0.3) is 0 Å². The minimum absolute atomic E-state index is 0.0674. The van der Waals surface area contributed by atoms with E-state index in [1.807, 2.05) is 6.92 Å². The van der Waals surface area contributed by atoms with Gasteiger partial charge >= 0.3 is 12.0 Å². The maximum atomic E-state index is 11.7. The normalized spacial score (nSPS) is 21.9. The molecule has 5 heteroatoms. The highest BCUT2D eigenvalue weighted by molar-refractivity contribution is 5.75. The van der Waals surface area contributed by atoms with E-state index in [2.05, 4.69) is 12.2 Å². The van der Waals surface area contributed by atoms with Gasteiger partial charge in [0.25, 0.3) is 0 Å². The molecule has 0 aromatic rings. The fraction of sp³-hybridized carbons (Fsp3) is 0.818. The Kier molecular flexibility index (Phi) is 4.58. The molecule has 1 fully saturated rings. The molecule has 1 saturated heterocycles. The molecule has 0 spiro atoms. The van der Waals surface area contributed by atoms with Gasteiger partial charge in [-0.05, 0) is 25.7 Å². The second-order valence-electron chi connectivity index (χ2n) is 4.62. The molecule has 92 valence electrons. The number of hydrogen-bond donors (Lipinski definition) is 2. The van der Waals surface area contributed by atoms with Crippen LogP contribution in [0.15, 0.2) is 0 Å². The first-order valence-corrected chi connectivity index (χ1v) is 5.76. The zero-order valence-electron chi connectivity index (χ0n) is 9.90. The van der Waals surface area contributed by atoms with Crippen molar-refractivity contribution in [3.63, 3.8) is 0 Å². The van der Waals surface area contributed by atoms with Crippen LogP contribution >= 0.6 is 0 Å². The first-order valence-electron chi connectivity index (χ1n) is 5.76. The van der Waals surface area contributed by atoms with Crippen LogP contribution < -0.4 is 5.32 Å². The quantitative estimate of drug-likeness (QED) is 0.761. The van der Waals surface area contributed by atoms with Gasteiger partial charge in [-0.3, -0.25) is 4.79 Å². The third kappa shape index (κ3) is 4.08. The summed E-state index contributed by atoms with van der Waals surface area (Å²) in [6, 6.07) is -0.151. The summed E-state index contributed by atoms with van der Waals surface area (Å²) in [6.45, 7) is 5.57. The highest BCUT2D eigenvalue weighted by Gasteiger charge is 2.23. The number of carbonyl (C=O) groups is 2. The van der Waals surface area contributed by atoms with Gasteiger partial charge in [-0.15, -0.1) is 0 Å². The lowest BCUT2D eigenvalue weighted by molar-refractivity contribution is -0.137. The fourth-order valence-electron chi connectivity index (χ4n) is 1.83. The molecule has 5 nitrogen and oxygen atoms in total. The monoisotopic (exact) mass is 228 g/mol.